The summed E-state index contributed by atoms with van der Waals surface area (Å²) >= 11 is 0. The number of rotatable bonds is 9. The average Bonchev–Trinajstić information content (AvgIpc) is 2.29. The van der Waals surface area contributed by atoms with Crippen molar-refractivity contribution >= 4 is 0 Å². The maximum atomic E-state index is 9.24. The first kappa shape index (κ1) is 14.8. The van der Waals surface area contributed by atoms with Crippen molar-refractivity contribution in [3.63, 3.8) is 0 Å². The molecule has 0 rings (SSSR count). The van der Waals surface area contributed by atoms with Crippen LogP contribution < -0.4 is 5.32 Å². The van der Waals surface area contributed by atoms with E-state index in [1.54, 1.807) is 7.11 Å². The molecule has 0 aromatic rings. The van der Waals surface area contributed by atoms with Crippen molar-refractivity contribution in [1.82, 2.24) is 10.2 Å². The molecular weight excluding hydrogens is 192 g/mol. The second-order valence-corrected chi connectivity index (χ2v) is 4.15. The molecule has 92 valence electrons. The van der Waals surface area contributed by atoms with Gasteiger partial charge in [-0.3, -0.25) is 0 Å². The Morgan fingerprint density at radius 3 is 2.47 bits per heavy atom. The third kappa shape index (κ3) is 6.10. The fraction of sp³-hybridized carbons (Fsp3) is 1.00. The number of nitrogens with zero attached hydrogens (tertiary/aromatic N) is 1. The summed E-state index contributed by atoms with van der Waals surface area (Å²) in [6, 6.07) is 0. The first-order valence-electron chi connectivity index (χ1n) is 5.63. The van der Waals surface area contributed by atoms with E-state index in [0.29, 0.717) is 0 Å². The van der Waals surface area contributed by atoms with Crippen LogP contribution in [0.4, 0.5) is 0 Å². The quantitative estimate of drug-likeness (QED) is 0.585. The van der Waals surface area contributed by atoms with Gasteiger partial charge in [-0.2, -0.15) is 0 Å². The zero-order chi connectivity index (χ0) is 11.7. The number of ether oxygens (including phenoxy) is 1. The maximum Gasteiger partial charge on any atom is 0.0610 e. The summed E-state index contributed by atoms with van der Waals surface area (Å²) in [4.78, 5) is 2.33. The van der Waals surface area contributed by atoms with E-state index in [2.05, 4.69) is 17.1 Å². The molecule has 15 heavy (non-hydrogen) atoms. The van der Waals surface area contributed by atoms with E-state index in [1.165, 1.54) is 0 Å². The Morgan fingerprint density at radius 1 is 1.40 bits per heavy atom. The summed E-state index contributed by atoms with van der Waals surface area (Å²) in [5.74, 6) is 0. The van der Waals surface area contributed by atoms with Gasteiger partial charge in [-0.25, -0.2) is 0 Å². The largest absolute Gasteiger partial charge is 0.394 e. The van der Waals surface area contributed by atoms with Crippen LogP contribution in [0.5, 0.6) is 0 Å². The Labute approximate surface area is 93.6 Å². The fourth-order valence-electron chi connectivity index (χ4n) is 1.34. The number of likely N-dealkylation sites (N-methyl/N-ethyl adjacent to an activating group) is 2. The van der Waals surface area contributed by atoms with Crippen LogP contribution in [0.2, 0.25) is 0 Å². The van der Waals surface area contributed by atoms with Crippen molar-refractivity contribution in [2.24, 2.45) is 0 Å². The lowest BCUT2D eigenvalue weighted by Gasteiger charge is -2.30. The number of nitrogens with one attached hydrogen (secondary N) is 1. The summed E-state index contributed by atoms with van der Waals surface area (Å²) < 4.78 is 5.05. The normalized spacial score (nSPS) is 15.6. The first-order chi connectivity index (χ1) is 7.11. The topological polar surface area (TPSA) is 44.7 Å². The van der Waals surface area contributed by atoms with E-state index < -0.39 is 0 Å². The lowest BCUT2D eigenvalue weighted by atomic mass is 9.99. The van der Waals surface area contributed by atoms with Gasteiger partial charge >= 0.3 is 0 Å². The molecule has 0 radical (unpaired) electrons. The minimum absolute atomic E-state index is 0.166. The first-order valence-corrected chi connectivity index (χ1v) is 5.63. The van der Waals surface area contributed by atoms with Crippen LogP contribution in [0.15, 0.2) is 0 Å². The van der Waals surface area contributed by atoms with Crippen molar-refractivity contribution < 1.29 is 9.84 Å². The molecule has 0 saturated carbocycles. The molecule has 0 spiro atoms. The molecule has 4 heteroatoms. The molecule has 4 nitrogen and oxygen atoms in total. The molecular formula is C11H26N2O2. The zero-order valence-corrected chi connectivity index (χ0v) is 10.5. The van der Waals surface area contributed by atoms with Gasteiger partial charge in [-0.15, -0.1) is 0 Å². The third-order valence-electron chi connectivity index (χ3n) is 2.99. The van der Waals surface area contributed by atoms with Gasteiger partial charge in [-0.05, 0) is 26.9 Å². The van der Waals surface area contributed by atoms with E-state index in [-0.39, 0.29) is 12.1 Å². The zero-order valence-electron chi connectivity index (χ0n) is 10.5. The molecule has 0 aromatic heterocycles. The number of hydrogen-bond acceptors (Lipinski definition) is 4. The smallest absolute Gasteiger partial charge is 0.0610 e. The van der Waals surface area contributed by atoms with Gasteiger partial charge in [0.25, 0.3) is 0 Å². The third-order valence-corrected chi connectivity index (χ3v) is 2.99. The van der Waals surface area contributed by atoms with Crippen molar-refractivity contribution in [3.8, 4) is 0 Å². The van der Waals surface area contributed by atoms with Crippen LogP contribution in [0.25, 0.3) is 0 Å². The number of hydrogen-bond donors (Lipinski definition) is 2. The van der Waals surface area contributed by atoms with Crippen LogP contribution in [0.1, 0.15) is 20.3 Å². The maximum absolute atomic E-state index is 9.24. The number of methoxy groups -OCH3 is 1. The summed E-state index contributed by atoms with van der Waals surface area (Å²) in [5, 5.41) is 12.4. The lowest BCUT2D eigenvalue weighted by molar-refractivity contribution is 0.127. The molecule has 0 saturated heterocycles. The Morgan fingerprint density at radius 2 is 2.07 bits per heavy atom. The second-order valence-electron chi connectivity index (χ2n) is 4.15. The highest BCUT2D eigenvalue weighted by Crippen LogP contribution is 2.08. The van der Waals surface area contributed by atoms with Gasteiger partial charge in [0.15, 0.2) is 0 Å². The van der Waals surface area contributed by atoms with Gasteiger partial charge in [0, 0.05) is 25.7 Å². The van der Waals surface area contributed by atoms with Gasteiger partial charge < -0.3 is 20.1 Å². The molecule has 0 aliphatic carbocycles. The molecule has 0 aliphatic heterocycles. The molecule has 0 fully saturated rings. The molecule has 0 amide bonds. The summed E-state index contributed by atoms with van der Waals surface area (Å²) in [6.07, 6.45) is 0.942. The van der Waals surface area contributed by atoms with Gasteiger partial charge in [-0.1, -0.05) is 6.92 Å². The van der Waals surface area contributed by atoms with Crippen LogP contribution in [0, 0.1) is 0 Å². The molecule has 0 bridgehead atoms. The molecule has 0 aromatic carbocycles. The minimum atomic E-state index is -0.166. The highest BCUT2D eigenvalue weighted by molar-refractivity contribution is 4.81. The molecule has 0 heterocycles. The van der Waals surface area contributed by atoms with Crippen LogP contribution >= 0.6 is 0 Å². The van der Waals surface area contributed by atoms with Gasteiger partial charge in [0.05, 0.1) is 13.2 Å². The van der Waals surface area contributed by atoms with E-state index >= 15 is 0 Å². The Bertz CT molecular complexity index is 150. The highest BCUT2D eigenvalue weighted by Gasteiger charge is 2.21. The monoisotopic (exact) mass is 218 g/mol. The number of aliphatic hydroxyl groups is 1. The second kappa shape index (κ2) is 8.05. The summed E-state index contributed by atoms with van der Waals surface area (Å²) in [7, 11) is 3.61. The molecule has 1 unspecified atom stereocenters. The van der Waals surface area contributed by atoms with E-state index in [1.807, 2.05) is 14.0 Å². The van der Waals surface area contributed by atoms with Crippen molar-refractivity contribution in [3.05, 3.63) is 0 Å². The Balaban J connectivity index is 3.87. The molecule has 0 aliphatic rings. The fourth-order valence-corrected chi connectivity index (χ4v) is 1.34. The van der Waals surface area contributed by atoms with Crippen molar-refractivity contribution in [2.75, 3.05) is 47.0 Å². The Kier molecular flexibility index (Phi) is 7.96. The van der Waals surface area contributed by atoms with Crippen LogP contribution in [-0.2, 0) is 4.74 Å². The summed E-state index contributed by atoms with van der Waals surface area (Å²) in [6.45, 7) is 8.08. The van der Waals surface area contributed by atoms with E-state index in [9.17, 15) is 5.11 Å². The Hall–Kier alpha value is -0.160. The van der Waals surface area contributed by atoms with Gasteiger partial charge in [0.2, 0.25) is 0 Å². The predicted octanol–water partition coefficient (Wildman–Crippen LogP) is 0.315. The van der Waals surface area contributed by atoms with Crippen LogP contribution in [-0.4, -0.2) is 62.6 Å². The van der Waals surface area contributed by atoms with Crippen molar-refractivity contribution in [1.29, 1.82) is 0 Å². The summed E-state index contributed by atoms with van der Waals surface area (Å²) in [5.41, 5.74) is -0.166. The number of aliphatic hydroxyl groups excluding tert-OH is 1. The average molecular weight is 218 g/mol. The SMILES string of the molecule is CCN(CCOC)CCC(C)(CO)NC. The van der Waals surface area contributed by atoms with E-state index in [0.717, 1.165) is 32.7 Å². The lowest BCUT2D eigenvalue weighted by Crippen LogP contribution is -2.46. The highest BCUT2D eigenvalue weighted by atomic mass is 16.5. The molecule has 2 N–H and O–H groups in total. The van der Waals surface area contributed by atoms with Crippen LogP contribution in [0.3, 0.4) is 0 Å². The predicted molar refractivity (Wildman–Crippen MR) is 63.2 cm³/mol. The molecule has 1 atom stereocenters. The van der Waals surface area contributed by atoms with Gasteiger partial charge in [0.1, 0.15) is 0 Å². The standard InChI is InChI=1S/C11H26N2O2/c1-5-13(8-9-15-4)7-6-11(2,10-14)12-3/h12,14H,5-10H2,1-4H3. The van der Waals surface area contributed by atoms with E-state index in [4.69, 9.17) is 4.74 Å². The van der Waals surface area contributed by atoms with Crippen molar-refractivity contribution in [2.45, 2.75) is 25.8 Å². The minimum Gasteiger partial charge on any atom is -0.394 e.